The third-order valence-electron chi connectivity index (χ3n) is 4.09. The van der Waals surface area contributed by atoms with E-state index in [-0.39, 0.29) is 5.91 Å². The van der Waals surface area contributed by atoms with Crippen LogP contribution >= 0.6 is 23.5 Å². The van der Waals surface area contributed by atoms with Crippen molar-refractivity contribution in [1.82, 2.24) is 14.8 Å². The van der Waals surface area contributed by atoms with Crippen molar-refractivity contribution < 1.29 is 4.79 Å². The van der Waals surface area contributed by atoms with Crippen molar-refractivity contribution in [3.8, 4) is 0 Å². The van der Waals surface area contributed by atoms with Gasteiger partial charge >= 0.3 is 0 Å². The van der Waals surface area contributed by atoms with Gasteiger partial charge in [0.2, 0.25) is 5.91 Å². The highest BCUT2D eigenvalue weighted by Gasteiger charge is 2.06. The van der Waals surface area contributed by atoms with Gasteiger partial charge < -0.3 is 9.88 Å². The van der Waals surface area contributed by atoms with E-state index in [1.165, 1.54) is 27.8 Å². The highest BCUT2D eigenvalue weighted by Crippen LogP contribution is 2.26. The van der Waals surface area contributed by atoms with Crippen LogP contribution in [-0.2, 0) is 11.8 Å². The number of hydrogen-bond donors (Lipinski definition) is 1. The average molecular weight is 399 g/mol. The van der Waals surface area contributed by atoms with Gasteiger partial charge in [0, 0.05) is 34.7 Å². The Kier molecular flexibility index (Phi) is 6.58. The van der Waals surface area contributed by atoms with Crippen LogP contribution in [0.4, 0.5) is 5.69 Å². The summed E-state index contributed by atoms with van der Waals surface area (Å²) in [4.78, 5) is 14.4. The molecule has 7 heteroatoms. The van der Waals surface area contributed by atoms with E-state index < -0.39 is 0 Å². The van der Waals surface area contributed by atoms with Crippen molar-refractivity contribution in [3.05, 3.63) is 59.9 Å². The number of carbonyl (C=O) groups is 1. The van der Waals surface area contributed by atoms with E-state index in [1.54, 1.807) is 18.1 Å². The summed E-state index contributed by atoms with van der Waals surface area (Å²) in [6.07, 6.45) is 2.15. The summed E-state index contributed by atoms with van der Waals surface area (Å²) < 4.78 is 1.87. The molecule has 0 aliphatic rings. The molecule has 0 saturated carbocycles. The molecule has 0 fully saturated rings. The minimum Gasteiger partial charge on any atom is -0.326 e. The predicted molar refractivity (Wildman–Crippen MR) is 111 cm³/mol. The Balaban J connectivity index is 1.46. The summed E-state index contributed by atoms with van der Waals surface area (Å²) >= 11 is 3.24. The lowest BCUT2D eigenvalue weighted by atomic mass is 10.1. The molecule has 0 aliphatic heterocycles. The smallest absolute Gasteiger partial charge is 0.225 e. The van der Waals surface area contributed by atoms with Gasteiger partial charge in [-0.1, -0.05) is 6.07 Å². The molecule has 5 nitrogen and oxygen atoms in total. The first kappa shape index (κ1) is 19.5. The normalized spacial score (nSPS) is 10.8. The lowest BCUT2D eigenvalue weighted by Gasteiger charge is -2.07. The van der Waals surface area contributed by atoms with E-state index in [0.29, 0.717) is 6.42 Å². The highest BCUT2D eigenvalue weighted by atomic mass is 32.2. The van der Waals surface area contributed by atoms with Gasteiger partial charge in [-0.15, -0.1) is 22.0 Å². The molecule has 0 saturated heterocycles. The zero-order valence-corrected chi connectivity index (χ0v) is 17.2. The van der Waals surface area contributed by atoms with E-state index in [1.807, 2.05) is 35.9 Å². The fourth-order valence-electron chi connectivity index (χ4n) is 2.37. The molecule has 27 heavy (non-hydrogen) atoms. The number of aryl methyl sites for hydroxylation is 3. The van der Waals surface area contributed by atoms with Gasteiger partial charge in [0.05, 0.1) is 0 Å². The number of aromatic nitrogens is 3. The number of thioether (sulfide) groups is 1. The number of amides is 1. The first-order chi connectivity index (χ1) is 13.0. The van der Waals surface area contributed by atoms with Crippen LogP contribution in [0.15, 0.2) is 63.7 Å². The summed E-state index contributed by atoms with van der Waals surface area (Å²) in [7, 11) is 1.91. The molecule has 0 aliphatic carbocycles. The van der Waals surface area contributed by atoms with Crippen LogP contribution in [0.2, 0.25) is 0 Å². The zero-order valence-electron chi connectivity index (χ0n) is 15.6. The van der Waals surface area contributed by atoms with Gasteiger partial charge in [0.1, 0.15) is 6.33 Å². The fraction of sp³-hybridized carbons (Fsp3) is 0.250. The first-order valence-electron chi connectivity index (χ1n) is 8.63. The molecule has 0 atom stereocenters. The van der Waals surface area contributed by atoms with E-state index in [0.717, 1.165) is 21.5 Å². The number of carbonyl (C=O) groups excluding carboxylic acids is 1. The molecule has 140 valence electrons. The number of rotatable bonds is 7. The highest BCUT2D eigenvalue weighted by molar-refractivity contribution is 7.99. The molecule has 1 N–H and O–H groups in total. The van der Waals surface area contributed by atoms with Gasteiger partial charge in [-0.2, -0.15) is 0 Å². The third kappa shape index (κ3) is 5.61. The van der Waals surface area contributed by atoms with Crippen LogP contribution in [0.25, 0.3) is 0 Å². The minimum atomic E-state index is 0.0278. The summed E-state index contributed by atoms with van der Waals surface area (Å²) in [5, 5.41) is 11.7. The molecule has 1 amide bonds. The molecule has 0 spiro atoms. The van der Waals surface area contributed by atoms with Crippen molar-refractivity contribution >= 4 is 35.1 Å². The number of nitrogens with zero attached hydrogens (tertiary/aromatic N) is 3. The fourth-order valence-corrected chi connectivity index (χ4v) is 4.08. The molecular weight excluding hydrogens is 376 g/mol. The number of hydrogen-bond acceptors (Lipinski definition) is 5. The summed E-state index contributed by atoms with van der Waals surface area (Å²) in [6.45, 7) is 4.21. The molecular formula is C20H22N4OS2. The van der Waals surface area contributed by atoms with Gasteiger partial charge in [-0.3, -0.25) is 4.79 Å². The van der Waals surface area contributed by atoms with Crippen molar-refractivity contribution in [2.75, 3.05) is 11.1 Å². The van der Waals surface area contributed by atoms with Crippen molar-refractivity contribution in [3.63, 3.8) is 0 Å². The van der Waals surface area contributed by atoms with Crippen LogP contribution in [0, 0.1) is 13.8 Å². The average Bonchev–Trinajstić information content (AvgIpc) is 3.04. The van der Waals surface area contributed by atoms with E-state index >= 15 is 0 Å². The Bertz CT molecular complexity index is 922. The van der Waals surface area contributed by atoms with E-state index in [4.69, 9.17) is 0 Å². The predicted octanol–water partition coefficient (Wildman–Crippen LogP) is 4.70. The third-order valence-corrected chi connectivity index (χ3v) is 6.15. The second kappa shape index (κ2) is 9.10. The van der Waals surface area contributed by atoms with Gasteiger partial charge in [0.25, 0.3) is 0 Å². The molecule has 2 aromatic carbocycles. The zero-order chi connectivity index (χ0) is 19.2. The van der Waals surface area contributed by atoms with Crippen LogP contribution in [0.5, 0.6) is 0 Å². The maximum atomic E-state index is 12.2. The number of benzene rings is 2. The lowest BCUT2D eigenvalue weighted by Crippen LogP contribution is -2.12. The summed E-state index contributed by atoms with van der Waals surface area (Å²) in [5.41, 5.74) is 3.38. The molecule has 1 heterocycles. The lowest BCUT2D eigenvalue weighted by molar-refractivity contribution is -0.115. The second-order valence-corrected chi connectivity index (χ2v) is 8.45. The summed E-state index contributed by atoms with van der Waals surface area (Å²) in [6, 6.07) is 14.2. The number of nitrogens with one attached hydrogen (secondary N) is 1. The van der Waals surface area contributed by atoms with Gasteiger partial charge in [-0.25, -0.2) is 0 Å². The van der Waals surface area contributed by atoms with Crippen LogP contribution in [0.3, 0.4) is 0 Å². The Morgan fingerprint density at radius 3 is 2.48 bits per heavy atom. The Morgan fingerprint density at radius 2 is 1.81 bits per heavy atom. The first-order valence-corrected chi connectivity index (χ1v) is 10.4. The second-order valence-electron chi connectivity index (χ2n) is 6.24. The largest absolute Gasteiger partial charge is 0.326 e. The molecule has 3 rings (SSSR count). The maximum Gasteiger partial charge on any atom is 0.225 e. The topological polar surface area (TPSA) is 59.8 Å². The van der Waals surface area contributed by atoms with Crippen molar-refractivity contribution in [2.45, 2.75) is 35.2 Å². The Labute approximate surface area is 168 Å². The SMILES string of the molecule is Cc1ccc(SCCC(=O)Nc2ccc(Sc3nncn3C)cc2)cc1C. The quantitative estimate of drug-likeness (QED) is 0.584. The Hall–Kier alpha value is -2.25. The van der Waals surface area contributed by atoms with Crippen molar-refractivity contribution in [1.29, 1.82) is 0 Å². The maximum absolute atomic E-state index is 12.2. The van der Waals surface area contributed by atoms with Gasteiger partial charge in [0.15, 0.2) is 5.16 Å². The summed E-state index contributed by atoms with van der Waals surface area (Å²) in [5.74, 6) is 0.786. The molecule has 3 aromatic rings. The number of anilines is 1. The molecule has 0 bridgehead atoms. The molecule has 0 unspecified atom stereocenters. The van der Waals surface area contributed by atoms with Crippen molar-refractivity contribution in [2.24, 2.45) is 7.05 Å². The Morgan fingerprint density at radius 1 is 1.07 bits per heavy atom. The van der Waals surface area contributed by atoms with Crippen LogP contribution in [-0.4, -0.2) is 26.4 Å². The molecule has 1 aromatic heterocycles. The van der Waals surface area contributed by atoms with E-state index in [9.17, 15) is 4.79 Å². The minimum absolute atomic E-state index is 0.0278. The monoisotopic (exact) mass is 398 g/mol. The molecule has 0 radical (unpaired) electrons. The van der Waals surface area contributed by atoms with Gasteiger partial charge in [-0.05, 0) is 73.1 Å². The standard InChI is InChI=1S/C20H22N4OS2/c1-14-4-7-18(12-15(14)2)26-11-10-19(25)22-16-5-8-17(9-6-16)27-20-23-21-13-24(20)3/h4-9,12-13H,10-11H2,1-3H3,(H,22,25). The van der Waals surface area contributed by atoms with Crippen LogP contribution in [0.1, 0.15) is 17.5 Å². The van der Waals surface area contributed by atoms with Crippen LogP contribution < -0.4 is 5.32 Å². The van der Waals surface area contributed by atoms with E-state index in [2.05, 4.69) is 47.6 Å².